The van der Waals surface area contributed by atoms with Crippen molar-refractivity contribution in [3.63, 3.8) is 0 Å². The first kappa shape index (κ1) is 27.3. The molecule has 0 bridgehead atoms. The molecule has 0 spiro atoms. The molecule has 178 valence electrons. The molecule has 1 aliphatic rings. The summed E-state index contributed by atoms with van der Waals surface area (Å²) in [6, 6.07) is 19.8. The number of rotatable bonds is 8. The Kier molecular flexibility index (Phi) is 9.05. The van der Waals surface area contributed by atoms with Gasteiger partial charge < -0.3 is 19.3 Å². The molecule has 0 fully saturated rings. The summed E-state index contributed by atoms with van der Waals surface area (Å²) in [5.41, 5.74) is 4.74. The zero-order valence-corrected chi connectivity index (χ0v) is 23.7. The number of amides is 1. The van der Waals surface area contributed by atoms with Crippen LogP contribution in [0, 0.1) is 0 Å². The van der Waals surface area contributed by atoms with E-state index in [1.165, 1.54) is 24.3 Å². The number of ether oxygens (including phenoxy) is 1. The normalized spacial score (nSPS) is 13.1. The second kappa shape index (κ2) is 11.6. The summed E-state index contributed by atoms with van der Waals surface area (Å²) in [6.07, 6.45) is -0.938. The number of benzene rings is 3. The van der Waals surface area contributed by atoms with E-state index in [4.69, 9.17) is 9.29 Å². The SMILES string of the molecule is O=C(N[C@@H](Cc1ccc(OS(=O)(=O)O)cc1)C(=O)O)OCC1c2ccccc2-c2ccccc21.[Ba]. The first-order valence-corrected chi connectivity index (χ1v) is 11.7. The maximum atomic E-state index is 12.4. The topological polar surface area (TPSA) is 139 Å². The van der Waals surface area contributed by atoms with E-state index in [2.05, 4.69) is 9.50 Å². The van der Waals surface area contributed by atoms with Crippen molar-refractivity contribution in [2.75, 3.05) is 6.61 Å². The minimum atomic E-state index is -4.66. The second-order valence-corrected chi connectivity index (χ2v) is 8.74. The summed E-state index contributed by atoms with van der Waals surface area (Å²) < 4.78 is 40.0. The number of aliphatic carboxylic acids is 1. The maximum absolute atomic E-state index is 12.4. The van der Waals surface area contributed by atoms with Gasteiger partial charge in [-0.3, -0.25) is 4.55 Å². The van der Waals surface area contributed by atoms with E-state index in [0.29, 0.717) is 5.56 Å². The van der Waals surface area contributed by atoms with Gasteiger partial charge in [-0.15, -0.1) is 0 Å². The van der Waals surface area contributed by atoms with E-state index in [-0.39, 0.29) is 73.6 Å². The largest absolute Gasteiger partial charge is 0.480 e. The number of nitrogens with one attached hydrogen (secondary N) is 1. The van der Waals surface area contributed by atoms with Gasteiger partial charge in [0.15, 0.2) is 0 Å². The summed E-state index contributed by atoms with van der Waals surface area (Å²) >= 11 is 0. The summed E-state index contributed by atoms with van der Waals surface area (Å²) in [5, 5.41) is 11.9. The number of carbonyl (C=O) groups is 2. The predicted octanol–water partition coefficient (Wildman–Crippen LogP) is 3.02. The van der Waals surface area contributed by atoms with E-state index >= 15 is 0 Å². The Hall–Kier alpha value is -2.32. The number of carboxylic acids is 1. The number of fused-ring (bicyclic) bond motifs is 3. The molecule has 0 heterocycles. The second-order valence-electron chi connectivity index (χ2n) is 7.72. The Balaban J connectivity index is 0.00000342. The molecule has 0 saturated heterocycles. The average Bonchev–Trinajstić information content (AvgIpc) is 3.11. The summed E-state index contributed by atoms with van der Waals surface area (Å²) in [4.78, 5) is 24.1. The van der Waals surface area contributed by atoms with Gasteiger partial charge in [-0.05, 0) is 39.9 Å². The van der Waals surface area contributed by atoms with Crippen molar-refractivity contribution in [1.82, 2.24) is 5.32 Å². The average molecular weight is 621 g/mol. The molecule has 4 rings (SSSR count). The first-order valence-electron chi connectivity index (χ1n) is 10.3. The number of hydrogen-bond acceptors (Lipinski definition) is 6. The van der Waals surface area contributed by atoms with Gasteiger partial charge in [0.1, 0.15) is 18.4 Å². The van der Waals surface area contributed by atoms with Crippen LogP contribution in [-0.2, 0) is 26.4 Å². The molecule has 3 aromatic rings. The number of alkyl carbamates (subject to hydrolysis) is 1. The smallest absolute Gasteiger partial charge is 0.446 e. The Labute approximate surface area is 242 Å². The fourth-order valence-electron chi connectivity index (χ4n) is 4.02. The van der Waals surface area contributed by atoms with Crippen molar-refractivity contribution in [2.24, 2.45) is 0 Å². The van der Waals surface area contributed by atoms with Crippen LogP contribution in [0.1, 0.15) is 22.6 Å². The molecule has 1 aliphatic carbocycles. The third-order valence-corrected chi connectivity index (χ3v) is 5.90. The molecule has 0 unspecified atom stereocenters. The van der Waals surface area contributed by atoms with Crippen molar-refractivity contribution in [2.45, 2.75) is 18.4 Å². The third-order valence-electron chi connectivity index (χ3n) is 5.50. The van der Waals surface area contributed by atoms with Crippen LogP contribution in [0.25, 0.3) is 11.1 Å². The molecular weight excluding hydrogens is 600 g/mol. The minimum Gasteiger partial charge on any atom is -0.480 e. The van der Waals surface area contributed by atoms with Gasteiger partial charge in [-0.25, -0.2) is 9.59 Å². The fourth-order valence-corrected chi connectivity index (χ4v) is 4.38. The van der Waals surface area contributed by atoms with Crippen LogP contribution >= 0.6 is 0 Å². The first-order chi connectivity index (χ1) is 16.2. The van der Waals surface area contributed by atoms with Crippen LogP contribution < -0.4 is 9.50 Å². The van der Waals surface area contributed by atoms with Crippen molar-refractivity contribution >= 4 is 71.3 Å². The number of carbonyl (C=O) groups excluding carboxylic acids is 1. The maximum Gasteiger partial charge on any atom is 0.446 e. The molecule has 0 saturated carbocycles. The summed E-state index contributed by atoms with van der Waals surface area (Å²) in [5.74, 6) is -1.55. The Morgan fingerprint density at radius 3 is 1.97 bits per heavy atom. The molecule has 11 heteroatoms. The van der Waals surface area contributed by atoms with Crippen molar-refractivity contribution < 1.29 is 36.6 Å². The summed E-state index contributed by atoms with van der Waals surface area (Å²) in [6.45, 7) is 0.0495. The standard InChI is InChI=1S/C24H21NO8S.Ba/c26-23(27)22(13-15-9-11-16(12-10-15)33-34(29,30)31)25-24(28)32-14-21-19-7-3-1-5-17(19)18-6-2-4-8-20(18)21;/h1-12,21-22H,13-14H2,(H,25,28)(H,26,27)(H,29,30,31);/t22-;/m0./s1. The van der Waals surface area contributed by atoms with Crippen LogP contribution in [0.4, 0.5) is 4.79 Å². The Morgan fingerprint density at radius 2 is 1.46 bits per heavy atom. The van der Waals surface area contributed by atoms with Crippen LogP contribution in [0.3, 0.4) is 0 Å². The third kappa shape index (κ3) is 6.88. The molecule has 3 N–H and O–H groups in total. The van der Waals surface area contributed by atoms with E-state index in [1.54, 1.807) is 0 Å². The van der Waals surface area contributed by atoms with Gasteiger partial charge in [0.25, 0.3) is 0 Å². The minimum absolute atomic E-state index is 0. The van der Waals surface area contributed by atoms with Crippen LogP contribution in [-0.4, -0.2) is 91.7 Å². The molecule has 35 heavy (non-hydrogen) atoms. The predicted molar refractivity (Wildman–Crippen MR) is 128 cm³/mol. The molecule has 1 amide bonds. The van der Waals surface area contributed by atoms with Crippen LogP contribution in [0.15, 0.2) is 72.8 Å². The molecule has 2 radical (unpaired) electrons. The van der Waals surface area contributed by atoms with Crippen molar-refractivity contribution in [1.29, 1.82) is 0 Å². The van der Waals surface area contributed by atoms with Crippen LogP contribution in [0.2, 0.25) is 0 Å². The van der Waals surface area contributed by atoms with Gasteiger partial charge in [0.2, 0.25) is 0 Å². The zero-order valence-electron chi connectivity index (χ0n) is 18.5. The van der Waals surface area contributed by atoms with Gasteiger partial charge in [0, 0.05) is 61.2 Å². The van der Waals surface area contributed by atoms with Gasteiger partial charge in [0.05, 0.1) is 0 Å². The zero-order chi connectivity index (χ0) is 24.3. The Morgan fingerprint density at radius 1 is 0.914 bits per heavy atom. The van der Waals surface area contributed by atoms with Gasteiger partial charge in [-0.1, -0.05) is 60.7 Å². The van der Waals surface area contributed by atoms with Gasteiger partial charge in [-0.2, -0.15) is 8.42 Å². The summed E-state index contributed by atoms with van der Waals surface area (Å²) in [7, 11) is -4.66. The Bertz CT molecular complexity index is 1280. The van der Waals surface area contributed by atoms with E-state index in [1.807, 2.05) is 48.5 Å². The molecular formula is C24H21BaNO8S. The monoisotopic (exact) mass is 621 g/mol. The van der Waals surface area contributed by atoms with E-state index in [0.717, 1.165) is 22.3 Å². The molecule has 3 aromatic carbocycles. The van der Waals surface area contributed by atoms with Crippen molar-refractivity contribution in [3.05, 3.63) is 89.5 Å². The fraction of sp³-hybridized carbons (Fsp3) is 0.167. The molecule has 9 nitrogen and oxygen atoms in total. The quantitative estimate of drug-likeness (QED) is 0.258. The van der Waals surface area contributed by atoms with Gasteiger partial charge >= 0.3 is 22.5 Å². The van der Waals surface area contributed by atoms with Crippen molar-refractivity contribution in [3.8, 4) is 16.9 Å². The number of carboxylic acid groups (broad SMARTS) is 1. The molecule has 0 aliphatic heterocycles. The van der Waals surface area contributed by atoms with E-state index in [9.17, 15) is 23.1 Å². The molecule has 1 atom stereocenters. The molecule has 0 aromatic heterocycles. The van der Waals surface area contributed by atoms with Crippen LogP contribution in [0.5, 0.6) is 5.75 Å². The van der Waals surface area contributed by atoms with E-state index < -0.39 is 28.5 Å². The number of hydrogen-bond donors (Lipinski definition) is 3.